The van der Waals surface area contributed by atoms with Gasteiger partial charge in [-0.15, -0.1) is 0 Å². The molecule has 0 aliphatic carbocycles. The molecular weight excluding hydrogens is 380 g/mol. The standard InChI is InChI=1S/C8H3I2NO/c9-7-2-5(4-12)1-6(3-11)8(7)10/h1-2,4H. The first-order valence-electron chi connectivity index (χ1n) is 3.03. The molecule has 0 fully saturated rings. The lowest BCUT2D eigenvalue weighted by Gasteiger charge is -1.99. The van der Waals surface area contributed by atoms with Gasteiger partial charge in [0, 0.05) is 12.7 Å². The molecule has 0 unspecified atom stereocenters. The van der Waals surface area contributed by atoms with Gasteiger partial charge in [-0.1, -0.05) is 0 Å². The van der Waals surface area contributed by atoms with Crippen molar-refractivity contribution in [3.8, 4) is 6.07 Å². The minimum Gasteiger partial charge on any atom is -0.298 e. The van der Waals surface area contributed by atoms with Gasteiger partial charge >= 0.3 is 0 Å². The average Bonchev–Trinajstić information content (AvgIpc) is 2.09. The van der Waals surface area contributed by atoms with E-state index in [-0.39, 0.29) is 0 Å². The summed E-state index contributed by atoms with van der Waals surface area (Å²) in [5, 5.41) is 8.69. The molecule has 0 aliphatic rings. The first-order chi connectivity index (χ1) is 5.69. The molecule has 0 atom stereocenters. The van der Waals surface area contributed by atoms with E-state index < -0.39 is 0 Å². The van der Waals surface area contributed by atoms with E-state index in [0.29, 0.717) is 11.1 Å². The number of rotatable bonds is 1. The van der Waals surface area contributed by atoms with Gasteiger partial charge in [-0.05, 0) is 57.3 Å². The Hall–Kier alpha value is -0.160. The van der Waals surface area contributed by atoms with Crippen molar-refractivity contribution in [1.29, 1.82) is 5.26 Å². The highest BCUT2D eigenvalue weighted by Gasteiger charge is 2.04. The van der Waals surface area contributed by atoms with Gasteiger partial charge in [0.25, 0.3) is 0 Å². The average molecular weight is 383 g/mol. The zero-order valence-corrected chi connectivity index (χ0v) is 10.2. The predicted molar refractivity (Wildman–Crippen MR) is 62.0 cm³/mol. The van der Waals surface area contributed by atoms with Crippen LogP contribution in [0.15, 0.2) is 12.1 Å². The van der Waals surface area contributed by atoms with Gasteiger partial charge in [0.2, 0.25) is 0 Å². The van der Waals surface area contributed by atoms with E-state index in [9.17, 15) is 4.79 Å². The summed E-state index contributed by atoms with van der Waals surface area (Å²) in [7, 11) is 0. The molecule has 0 heterocycles. The summed E-state index contributed by atoms with van der Waals surface area (Å²) in [5.41, 5.74) is 1.11. The van der Waals surface area contributed by atoms with Crippen LogP contribution in [0.4, 0.5) is 0 Å². The molecule has 0 saturated carbocycles. The van der Waals surface area contributed by atoms with E-state index in [1.807, 2.05) is 6.07 Å². The molecule has 0 bridgehead atoms. The van der Waals surface area contributed by atoms with Crippen molar-refractivity contribution >= 4 is 51.5 Å². The number of halogens is 2. The quantitative estimate of drug-likeness (QED) is 0.553. The van der Waals surface area contributed by atoms with Crippen LogP contribution in [-0.2, 0) is 0 Å². The van der Waals surface area contributed by atoms with Crippen molar-refractivity contribution in [2.24, 2.45) is 0 Å². The molecule has 0 N–H and O–H groups in total. The molecule has 2 nitrogen and oxygen atoms in total. The number of carbonyl (C=O) groups is 1. The maximum atomic E-state index is 10.4. The summed E-state index contributed by atoms with van der Waals surface area (Å²) < 4.78 is 1.84. The van der Waals surface area contributed by atoms with Crippen LogP contribution in [-0.4, -0.2) is 6.29 Å². The van der Waals surface area contributed by atoms with E-state index >= 15 is 0 Å². The molecule has 60 valence electrons. The molecule has 0 amide bonds. The van der Waals surface area contributed by atoms with Crippen LogP contribution in [0.5, 0.6) is 0 Å². The minimum absolute atomic E-state index is 0.552. The van der Waals surface area contributed by atoms with E-state index in [0.717, 1.165) is 13.4 Å². The molecule has 0 radical (unpaired) electrons. The number of nitriles is 1. The van der Waals surface area contributed by atoms with Crippen molar-refractivity contribution in [1.82, 2.24) is 0 Å². The Kier molecular flexibility index (Phi) is 3.46. The van der Waals surface area contributed by atoms with Crippen LogP contribution in [0.3, 0.4) is 0 Å². The number of aldehydes is 1. The fraction of sp³-hybridized carbons (Fsp3) is 0. The molecule has 12 heavy (non-hydrogen) atoms. The summed E-state index contributed by atoms with van der Waals surface area (Å²) in [6.07, 6.45) is 0.749. The molecule has 4 heteroatoms. The Labute approximate surface area is 97.2 Å². The summed E-state index contributed by atoms with van der Waals surface area (Å²) in [6.45, 7) is 0. The number of hydrogen-bond acceptors (Lipinski definition) is 2. The lowest BCUT2D eigenvalue weighted by Crippen LogP contribution is -1.90. The van der Waals surface area contributed by atoms with Gasteiger partial charge in [0.05, 0.1) is 5.56 Å². The van der Waals surface area contributed by atoms with Crippen LogP contribution >= 0.6 is 45.2 Å². The van der Waals surface area contributed by atoms with Gasteiger partial charge < -0.3 is 0 Å². The van der Waals surface area contributed by atoms with Crippen LogP contribution in [0.2, 0.25) is 0 Å². The molecule has 0 spiro atoms. The lowest BCUT2D eigenvalue weighted by molar-refractivity contribution is 0.112. The fourth-order valence-corrected chi connectivity index (χ4v) is 1.84. The van der Waals surface area contributed by atoms with Crippen LogP contribution in [0, 0.1) is 18.5 Å². The molecule has 0 aromatic heterocycles. The van der Waals surface area contributed by atoms with Crippen molar-refractivity contribution in [3.05, 3.63) is 30.4 Å². The summed E-state index contributed by atoms with van der Waals surface area (Å²) in [6, 6.07) is 5.39. The first-order valence-corrected chi connectivity index (χ1v) is 5.19. The molecule has 0 saturated heterocycles. The molecule has 1 aromatic carbocycles. The molecular formula is C8H3I2NO. The largest absolute Gasteiger partial charge is 0.298 e. The maximum absolute atomic E-state index is 10.4. The first kappa shape index (κ1) is 9.92. The van der Waals surface area contributed by atoms with Gasteiger partial charge in [-0.2, -0.15) is 5.26 Å². The zero-order valence-electron chi connectivity index (χ0n) is 5.84. The fourth-order valence-electron chi connectivity index (χ4n) is 0.759. The third-order valence-corrected chi connectivity index (χ3v) is 4.35. The normalized spacial score (nSPS) is 9.08. The van der Waals surface area contributed by atoms with Gasteiger partial charge in [0.1, 0.15) is 12.4 Å². The third-order valence-electron chi connectivity index (χ3n) is 1.31. The molecule has 1 aromatic rings. The van der Waals surface area contributed by atoms with E-state index in [1.54, 1.807) is 12.1 Å². The van der Waals surface area contributed by atoms with E-state index in [1.165, 1.54) is 0 Å². The Morgan fingerprint density at radius 1 is 1.42 bits per heavy atom. The second-order valence-electron chi connectivity index (χ2n) is 2.09. The number of carbonyl (C=O) groups excluding carboxylic acids is 1. The Morgan fingerprint density at radius 3 is 2.58 bits per heavy atom. The smallest absolute Gasteiger partial charge is 0.150 e. The van der Waals surface area contributed by atoms with Gasteiger partial charge in [-0.25, -0.2) is 0 Å². The van der Waals surface area contributed by atoms with Gasteiger partial charge in [0.15, 0.2) is 0 Å². The highest BCUT2D eigenvalue weighted by Crippen LogP contribution is 2.20. The van der Waals surface area contributed by atoms with Crippen LogP contribution < -0.4 is 0 Å². The lowest BCUT2D eigenvalue weighted by atomic mass is 10.1. The Bertz CT molecular complexity index is 368. The van der Waals surface area contributed by atoms with Crippen molar-refractivity contribution in [2.45, 2.75) is 0 Å². The van der Waals surface area contributed by atoms with Crippen molar-refractivity contribution < 1.29 is 4.79 Å². The number of hydrogen-bond donors (Lipinski definition) is 0. The van der Waals surface area contributed by atoms with Crippen molar-refractivity contribution in [2.75, 3.05) is 0 Å². The van der Waals surface area contributed by atoms with Crippen molar-refractivity contribution in [3.63, 3.8) is 0 Å². The number of benzene rings is 1. The molecule has 0 aliphatic heterocycles. The number of nitrogens with zero attached hydrogens (tertiary/aromatic N) is 1. The van der Waals surface area contributed by atoms with E-state index in [4.69, 9.17) is 5.26 Å². The SMILES string of the molecule is N#Cc1cc(C=O)cc(I)c1I. The minimum atomic E-state index is 0.552. The molecule has 1 rings (SSSR count). The summed E-state index contributed by atoms with van der Waals surface area (Å²) in [5.74, 6) is 0. The predicted octanol–water partition coefficient (Wildman–Crippen LogP) is 2.58. The van der Waals surface area contributed by atoms with Gasteiger partial charge in [-0.3, -0.25) is 4.79 Å². The highest BCUT2D eigenvalue weighted by atomic mass is 127. The third kappa shape index (κ3) is 1.95. The summed E-state index contributed by atoms with van der Waals surface area (Å²) >= 11 is 4.20. The summed E-state index contributed by atoms with van der Waals surface area (Å²) in [4.78, 5) is 10.4. The maximum Gasteiger partial charge on any atom is 0.150 e. The van der Waals surface area contributed by atoms with Crippen LogP contribution in [0.25, 0.3) is 0 Å². The monoisotopic (exact) mass is 383 g/mol. The highest BCUT2D eigenvalue weighted by molar-refractivity contribution is 14.1. The van der Waals surface area contributed by atoms with Crippen LogP contribution in [0.1, 0.15) is 15.9 Å². The second-order valence-corrected chi connectivity index (χ2v) is 4.33. The topological polar surface area (TPSA) is 40.9 Å². The Morgan fingerprint density at radius 2 is 2.08 bits per heavy atom. The second kappa shape index (κ2) is 4.18. The Balaban J connectivity index is 3.41. The van der Waals surface area contributed by atoms with E-state index in [2.05, 4.69) is 45.2 Å². The zero-order chi connectivity index (χ0) is 9.14.